The summed E-state index contributed by atoms with van der Waals surface area (Å²) in [6, 6.07) is 5.46. The highest BCUT2D eigenvalue weighted by atomic mass is 16.5. The minimum absolute atomic E-state index is 0.0500. The van der Waals surface area contributed by atoms with Crippen molar-refractivity contribution in [2.24, 2.45) is 17.1 Å². The number of hydrogen-bond donors (Lipinski definition) is 2. The molecule has 1 atom stereocenters. The van der Waals surface area contributed by atoms with Crippen LogP contribution >= 0.6 is 0 Å². The first-order valence-corrected chi connectivity index (χ1v) is 7.20. The predicted octanol–water partition coefficient (Wildman–Crippen LogP) is 1.98. The lowest BCUT2D eigenvalue weighted by Gasteiger charge is -2.34. The van der Waals surface area contributed by atoms with Crippen molar-refractivity contribution in [1.29, 1.82) is 0 Å². The van der Waals surface area contributed by atoms with Gasteiger partial charge in [-0.2, -0.15) is 0 Å². The zero-order valence-corrected chi connectivity index (χ0v) is 13.3. The summed E-state index contributed by atoms with van der Waals surface area (Å²) >= 11 is 0. The lowest BCUT2D eigenvalue weighted by molar-refractivity contribution is -0.157. The van der Waals surface area contributed by atoms with Gasteiger partial charge in [0.25, 0.3) is 0 Å². The van der Waals surface area contributed by atoms with Crippen molar-refractivity contribution in [3.63, 3.8) is 0 Å². The van der Waals surface area contributed by atoms with Gasteiger partial charge in [-0.1, -0.05) is 13.8 Å². The van der Waals surface area contributed by atoms with Crippen molar-refractivity contribution in [1.82, 2.24) is 0 Å². The molecule has 0 radical (unpaired) electrons. The summed E-state index contributed by atoms with van der Waals surface area (Å²) in [5, 5.41) is 0. The molecule has 1 aromatic rings. The Labute approximate surface area is 126 Å². The van der Waals surface area contributed by atoms with E-state index in [0.717, 1.165) is 5.56 Å². The quantitative estimate of drug-likeness (QED) is 0.593. The van der Waals surface area contributed by atoms with Crippen LogP contribution in [0.3, 0.4) is 0 Å². The van der Waals surface area contributed by atoms with E-state index in [-0.39, 0.29) is 18.4 Å². The van der Waals surface area contributed by atoms with Crippen LogP contribution in [0, 0.1) is 11.3 Å². The van der Waals surface area contributed by atoms with Crippen molar-refractivity contribution in [2.45, 2.75) is 27.2 Å². The summed E-state index contributed by atoms with van der Waals surface area (Å²) in [6.07, 6.45) is 0.474. The van der Waals surface area contributed by atoms with Crippen molar-refractivity contribution >= 4 is 11.7 Å². The van der Waals surface area contributed by atoms with E-state index in [0.29, 0.717) is 24.5 Å². The minimum atomic E-state index is -0.755. The van der Waals surface area contributed by atoms with E-state index < -0.39 is 5.41 Å². The topological polar surface area (TPSA) is 87.6 Å². The van der Waals surface area contributed by atoms with Crippen LogP contribution in [0.5, 0.6) is 5.75 Å². The standard InChI is InChI=1S/C16H26N2O3/c1-5-21-15(19)16(10-17,11(2)3)9-12-6-13(18)8-14(7-12)20-4/h6-8,11H,5,9-10,17-18H2,1-4H3. The maximum atomic E-state index is 12.4. The second kappa shape index (κ2) is 7.31. The molecule has 1 unspecified atom stereocenters. The molecule has 0 aliphatic rings. The van der Waals surface area contributed by atoms with Gasteiger partial charge in [0.15, 0.2) is 0 Å². The monoisotopic (exact) mass is 294 g/mol. The summed E-state index contributed by atoms with van der Waals surface area (Å²) in [6.45, 7) is 6.32. The lowest BCUT2D eigenvalue weighted by atomic mass is 9.72. The molecule has 4 N–H and O–H groups in total. The molecule has 1 aromatic carbocycles. The van der Waals surface area contributed by atoms with Gasteiger partial charge in [-0.05, 0) is 37.0 Å². The van der Waals surface area contributed by atoms with Crippen LogP contribution < -0.4 is 16.2 Å². The maximum Gasteiger partial charge on any atom is 0.313 e. The molecule has 0 spiro atoms. The Bertz CT molecular complexity index is 488. The molecule has 0 aliphatic carbocycles. The smallest absolute Gasteiger partial charge is 0.313 e. The Morgan fingerprint density at radius 3 is 2.48 bits per heavy atom. The number of carbonyl (C=O) groups excluding carboxylic acids is 1. The number of nitrogens with two attached hydrogens (primary N) is 2. The Kier molecular flexibility index (Phi) is 6.03. The third kappa shape index (κ3) is 3.88. The molecule has 21 heavy (non-hydrogen) atoms. The zero-order valence-electron chi connectivity index (χ0n) is 13.3. The van der Waals surface area contributed by atoms with Crippen molar-refractivity contribution in [3.05, 3.63) is 23.8 Å². The fourth-order valence-electron chi connectivity index (χ4n) is 2.45. The van der Waals surface area contributed by atoms with E-state index >= 15 is 0 Å². The number of rotatable bonds is 7. The van der Waals surface area contributed by atoms with Gasteiger partial charge in [0, 0.05) is 18.3 Å². The number of carbonyl (C=O) groups is 1. The van der Waals surface area contributed by atoms with Crippen LogP contribution in [0.1, 0.15) is 26.3 Å². The molecule has 0 bridgehead atoms. The minimum Gasteiger partial charge on any atom is -0.497 e. The summed E-state index contributed by atoms with van der Waals surface area (Å²) in [4.78, 5) is 12.4. The van der Waals surface area contributed by atoms with Gasteiger partial charge in [-0.25, -0.2) is 0 Å². The Morgan fingerprint density at radius 2 is 2.00 bits per heavy atom. The van der Waals surface area contributed by atoms with Crippen LogP contribution in [-0.4, -0.2) is 26.2 Å². The summed E-state index contributed by atoms with van der Waals surface area (Å²) in [5.41, 5.74) is 12.6. The molecular weight excluding hydrogens is 268 g/mol. The van der Waals surface area contributed by atoms with Crippen LogP contribution in [0.2, 0.25) is 0 Å². The van der Waals surface area contributed by atoms with Gasteiger partial charge in [-0.3, -0.25) is 4.79 Å². The molecule has 0 saturated carbocycles. The van der Waals surface area contributed by atoms with Gasteiger partial charge in [0.05, 0.1) is 19.1 Å². The van der Waals surface area contributed by atoms with Crippen LogP contribution in [0.4, 0.5) is 5.69 Å². The molecule has 0 aromatic heterocycles. The number of ether oxygens (including phenoxy) is 2. The van der Waals surface area contributed by atoms with E-state index in [1.165, 1.54) is 0 Å². The first-order chi connectivity index (χ1) is 9.89. The van der Waals surface area contributed by atoms with Gasteiger partial charge < -0.3 is 20.9 Å². The van der Waals surface area contributed by atoms with E-state index in [2.05, 4.69) is 0 Å². The van der Waals surface area contributed by atoms with Gasteiger partial charge >= 0.3 is 5.97 Å². The first-order valence-electron chi connectivity index (χ1n) is 7.20. The van der Waals surface area contributed by atoms with Gasteiger partial charge in [-0.15, -0.1) is 0 Å². The maximum absolute atomic E-state index is 12.4. The molecule has 5 nitrogen and oxygen atoms in total. The number of benzene rings is 1. The summed E-state index contributed by atoms with van der Waals surface area (Å²) < 4.78 is 10.5. The normalized spacial score (nSPS) is 13.8. The largest absolute Gasteiger partial charge is 0.497 e. The van der Waals surface area contributed by atoms with E-state index in [9.17, 15) is 4.79 Å². The molecule has 0 amide bonds. The van der Waals surface area contributed by atoms with E-state index in [1.807, 2.05) is 26.0 Å². The average molecular weight is 294 g/mol. The third-order valence-electron chi connectivity index (χ3n) is 3.90. The molecule has 5 heteroatoms. The second-order valence-electron chi connectivity index (χ2n) is 5.53. The molecule has 0 saturated heterocycles. The highest BCUT2D eigenvalue weighted by Crippen LogP contribution is 2.34. The van der Waals surface area contributed by atoms with Crippen molar-refractivity contribution in [3.8, 4) is 5.75 Å². The highest BCUT2D eigenvalue weighted by molar-refractivity contribution is 5.78. The van der Waals surface area contributed by atoms with Crippen LogP contribution in [0.15, 0.2) is 18.2 Å². The molecular formula is C16H26N2O3. The predicted molar refractivity (Wildman–Crippen MR) is 84.1 cm³/mol. The summed E-state index contributed by atoms with van der Waals surface area (Å²) in [5.74, 6) is 0.460. The Hall–Kier alpha value is -1.75. The lowest BCUT2D eigenvalue weighted by Crippen LogP contribution is -2.46. The molecule has 118 valence electrons. The number of methoxy groups -OCH3 is 1. The van der Waals surface area contributed by atoms with Crippen molar-refractivity contribution in [2.75, 3.05) is 26.0 Å². The van der Waals surface area contributed by atoms with Gasteiger partial charge in [0.1, 0.15) is 5.75 Å². The van der Waals surface area contributed by atoms with Crippen molar-refractivity contribution < 1.29 is 14.3 Å². The molecule has 0 fully saturated rings. The third-order valence-corrected chi connectivity index (χ3v) is 3.90. The van der Waals surface area contributed by atoms with Crippen LogP contribution in [0.25, 0.3) is 0 Å². The van der Waals surface area contributed by atoms with E-state index in [4.69, 9.17) is 20.9 Å². The number of anilines is 1. The Balaban J connectivity index is 3.17. The number of nitrogen functional groups attached to an aromatic ring is 1. The summed E-state index contributed by atoms with van der Waals surface area (Å²) in [7, 11) is 1.59. The van der Waals surface area contributed by atoms with E-state index in [1.54, 1.807) is 20.1 Å². The highest BCUT2D eigenvalue weighted by Gasteiger charge is 2.42. The molecule has 1 rings (SSSR count). The molecule has 0 aliphatic heterocycles. The number of esters is 1. The fraction of sp³-hybridized carbons (Fsp3) is 0.562. The first kappa shape index (κ1) is 17.3. The Morgan fingerprint density at radius 1 is 1.33 bits per heavy atom. The molecule has 0 heterocycles. The zero-order chi connectivity index (χ0) is 16.0. The van der Waals surface area contributed by atoms with Crippen LogP contribution in [-0.2, 0) is 16.0 Å². The average Bonchev–Trinajstić information content (AvgIpc) is 2.43. The fourth-order valence-corrected chi connectivity index (χ4v) is 2.45. The second-order valence-corrected chi connectivity index (χ2v) is 5.53. The SMILES string of the molecule is CCOC(=O)C(CN)(Cc1cc(N)cc(OC)c1)C(C)C. The number of hydrogen-bond acceptors (Lipinski definition) is 5. The van der Waals surface area contributed by atoms with Gasteiger partial charge in [0.2, 0.25) is 0 Å².